The molecule has 114 valence electrons. The number of aliphatic hydroxyl groups is 1. The largest absolute Gasteiger partial charge is 0.388 e. The summed E-state index contributed by atoms with van der Waals surface area (Å²) in [6.45, 7) is 6.74. The third-order valence-corrected chi connectivity index (χ3v) is 4.50. The van der Waals surface area contributed by atoms with Crippen LogP contribution in [0.15, 0.2) is 5.38 Å². The van der Waals surface area contributed by atoms with Crippen LogP contribution in [0.1, 0.15) is 44.3 Å². The van der Waals surface area contributed by atoms with Crippen molar-refractivity contribution in [2.24, 2.45) is 0 Å². The van der Waals surface area contributed by atoms with E-state index in [1.807, 2.05) is 19.2 Å². The summed E-state index contributed by atoms with van der Waals surface area (Å²) >= 11 is 1.66. The lowest BCUT2D eigenvalue weighted by Gasteiger charge is -2.25. The van der Waals surface area contributed by atoms with Crippen LogP contribution >= 0.6 is 11.3 Å². The van der Waals surface area contributed by atoms with Crippen molar-refractivity contribution in [3.8, 4) is 0 Å². The Morgan fingerprint density at radius 3 is 2.60 bits per heavy atom. The fraction of sp³-hybridized carbons (Fsp3) is 0.714. The fourth-order valence-corrected chi connectivity index (χ4v) is 2.52. The third-order valence-electron chi connectivity index (χ3n) is 3.46. The van der Waals surface area contributed by atoms with Gasteiger partial charge in [-0.05, 0) is 19.3 Å². The molecule has 0 bridgehead atoms. The molecule has 0 saturated carbocycles. The summed E-state index contributed by atoms with van der Waals surface area (Å²) in [7, 11) is 0. The van der Waals surface area contributed by atoms with Gasteiger partial charge in [-0.2, -0.15) is 0 Å². The molecule has 0 aliphatic rings. The Morgan fingerprint density at radius 2 is 2.05 bits per heavy atom. The van der Waals surface area contributed by atoms with Crippen molar-refractivity contribution in [3.63, 3.8) is 0 Å². The van der Waals surface area contributed by atoms with Gasteiger partial charge in [-0.25, -0.2) is 9.78 Å². The highest BCUT2D eigenvalue weighted by atomic mass is 32.1. The number of carbonyl (C=O) groups excluding carboxylic acids is 1. The molecule has 0 spiro atoms. The van der Waals surface area contributed by atoms with Crippen LogP contribution in [0, 0.1) is 0 Å². The number of hydrogen-bond donors (Lipinski definition) is 3. The number of hydrogen-bond acceptors (Lipinski definition) is 4. The van der Waals surface area contributed by atoms with Gasteiger partial charge >= 0.3 is 6.03 Å². The van der Waals surface area contributed by atoms with Crippen molar-refractivity contribution in [1.82, 2.24) is 15.6 Å². The van der Waals surface area contributed by atoms with Gasteiger partial charge in [0.05, 0.1) is 16.3 Å². The topological polar surface area (TPSA) is 74.2 Å². The van der Waals surface area contributed by atoms with Gasteiger partial charge in [-0.1, -0.05) is 20.8 Å². The Kier molecular flexibility index (Phi) is 6.95. The lowest BCUT2D eigenvalue weighted by Crippen LogP contribution is -2.46. The van der Waals surface area contributed by atoms with Crippen LogP contribution in [0.2, 0.25) is 0 Å². The summed E-state index contributed by atoms with van der Waals surface area (Å²) in [6, 6.07) is -0.240. The minimum absolute atomic E-state index is 0.240. The second-order valence-electron chi connectivity index (χ2n) is 4.88. The zero-order chi connectivity index (χ0) is 15.0. The zero-order valence-corrected chi connectivity index (χ0v) is 13.3. The highest BCUT2D eigenvalue weighted by molar-refractivity contribution is 7.09. The van der Waals surface area contributed by atoms with Gasteiger partial charge in [-0.15, -0.1) is 11.3 Å². The molecule has 0 aliphatic heterocycles. The van der Waals surface area contributed by atoms with Gasteiger partial charge in [0, 0.05) is 24.9 Å². The Morgan fingerprint density at radius 1 is 1.35 bits per heavy atom. The number of rotatable bonds is 8. The normalized spacial score (nSPS) is 11.4. The number of nitrogens with one attached hydrogen (secondary N) is 2. The predicted molar refractivity (Wildman–Crippen MR) is 82.1 cm³/mol. The molecule has 1 rings (SSSR count). The van der Waals surface area contributed by atoms with E-state index in [4.69, 9.17) is 0 Å². The molecule has 0 aromatic carbocycles. The Bertz CT molecular complexity index is 416. The molecule has 1 aromatic rings. The Hall–Kier alpha value is -1.14. The molecule has 0 fully saturated rings. The molecule has 6 heteroatoms. The smallest absolute Gasteiger partial charge is 0.314 e. The number of amides is 2. The van der Waals surface area contributed by atoms with E-state index in [1.165, 1.54) is 0 Å². The first-order valence-corrected chi connectivity index (χ1v) is 8.08. The number of nitrogens with zero attached hydrogens (tertiary/aromatic N) is 1. The van der Waals surface area contributed by atoms with Gasteiger partial charge < -0.3 is 15.7 Å². The van der Waals surface area contributed by atoms with Gasteiger partial charge in [0.15, 0.2) is 0 Å². The summed E-state index contributed by atoms with van der Waals surface area (Å²) in [5.41, 5.74) is 0.216. The minimum Gasteiger partial charge on any atom is -0.388 e. The van der Waals surface area contributed by atoms with Crippen LogP contribution in [0.25, 0.3) is 0 Å². The van der Waals surface area contributed by atoms with Crippen molar-refractivity contribution in [2.45, 2.75) is 52.1 Å². The van der Waals surface area contributed by atoms with Crippen LogP contribution in [0.4, 0.5) is 4.79 Å². The Balaban J connectivity index is 2.23. The molecular weight excluding hydrogens is 274 g/mol. The van der Waals surface area contributed by atoms with E-state index in [-0.39, 0.29) is 12.6 Å². The highest BCUT2D eigenvalue weighted by Gasteiger charge is 2.22. The number of aromatic nitrogens is 1. The SMILES string of the molecule is CCc1nc(CCNC(=O)NCC(O)(CC)CC)cs1. The molecular formula is C14H25N3O2S. The lowest BCUT2D eigenvalue weighted by molar-refractivity contribution is 0.0349. The van der Waals surface area contributed by atoms with Gasteiger partial charge in [0.1, 0.15) is 0 Å². The highest BCUT2D eigenvalue weighted by Crippen LogP contribution is 2.12. The maximum atomic E-state index is 11.6. The van der Waals surface area contributed by atoms with Crippen LogP contribution in [0.3, 0.4) is 0 Å². The van der Waals surface area contributed by atoms with E-state index in [0.717, 1.165) is 23.5 Å². The van der Waals surface area contributed by atoms with E-state index in [2.05, 4.69) is 22.5 Å². The molecule has 1 aromatic heterocycles. The second kappa shape index (κ2) is 8.21. The van der Waals surface area contributed by atoms with E-state index >= 15 is 0 Å². The number of urea groups is 1. The average molecular weight is 299 g/mol. The maximum absolute atomic E-state index is 11.6. The second-order valence-corrected chi connectivity index (χ2v) is 5.82. The monoisotopic (exact) mass is 299 g/mol. The molecule has 0 atom stereocenters. The van der Waals surface area contributed by atoms with Crippen molar-refractivity contribution in [1.29, 1.82) is 0 Å². The van der Waals surface area contributed by atoms with Crippen LogP contribution in [-0.2, 0) is 12.8 Å². The van der Waals surface area contributed by atoms with Crippen molar-refractivity contribution in [3.05, 3.63) is 16.1 Å². The molecule has 5 nitrogen and oxygen atoms in total. The van der Waals surface area contributed by atoms with E-state index in [1.54, 1.807) is 11.3 Å². The molecule has 2 amide bonds. The van der Waals surface area contributed by atoms with Gasteiger partial charge in [0.25, 0.3) is 0 Å². The maximum Gasteiger partial charge on any atom is 0.314 e. The van der Waals surface area contributed by atoms with Crippen molar-refractivity contribution in [2.75, 3.05) is 13.1 Å². The van der Waals surface area contributed by atoms with Crippen LogP contribution < -0.4 is 10.6 Å². The lowest BCUT2D eigenvalue weighted by atomic mass is 9.98. The summed E-state index contributed by atoms with van der Waals surface area (Å²) < 4.78 is 0. The van der Waals surface area contributed by atoms with Crippen LogP contribution in [-0.4, -0.2) is 34.8 Å². The first-order chi connectivity index (χ1) is 9.53. The predicted octanol–water partition coefficient (Wildman–Crippen LogP) is 2.10. The summed E-state index contributed by atoms with van der Waals surface area (Å²) in [5.74, 6) is 0. The molecule has 1 heterocycles. The molecule has 0 aliphatic carbocycles. The molecule has 20 heavy (non-hydrogen) atoms. The van der Waals surface area contributed by atoms with Crippen molar-refractivity contribution >= 4 is 17.4 Å². The molecule has 0 unspecified atom stereocenters. The van der Waals surface area contributed by atoms with E-state index < -0.39 is 5.60 Å². The number of thiazole rings is 1. The molecule has 0 radical (unpaired) electrons. The van der Waals surface area contributed by atoms with Crippen molar-refractivity contribution < 1.29 is 9.90 Å². The number of aryl methyl sites for hydroxylation is 1. The molecule has 3 N–H and O–H groups in total. The number of carbonyl (C=O) groups is 1. The van der Waals surface area contributed by atoms with Gasteiger partial charge in [0.2, 0.25) is 0 Å². The van der Waals surface area contributed by atoms with E-state index in [0.29, 0.717) is 19.4 Å². The quantitative estimate of drug-likeness (QED) is 0.688. The first kappa shape index (κ1) is 16.9. The minimum atomic E-state index is -0.803. The molecule has 0 saturated heterocycles. The summed E-state index contributed by atoms with van der Waals surface area (Å²) in [5, 5.41) is 18.7. The zero-order valence-electron chi connectivity index (χ0n) is 12.5. The average Bonchev–Trinajstić information content (AvgIpc) is 2.93. The summed E-state index contributed by atoms with van der Waals surface area (Å²) in [6.07, 6.45) is 2.94. The standard InChI is InChI=1S/C14H25N3O2S/c1-4-12-17-11(9-20-12)7-8-15-13(18)16-10-14(19,5-2)6-3/h9,19H,4-8,10H2,1-3H3,(H2,15,16,18). The Labute approximate surface area is 124 Å². The summed E-state index contributed by atoms with van der Waals surface area (Å²) in [4.78, 5) is 16.1. The van der Waals surface area contributed by atoms with Gasteiger partial charge in [-0.3, -0.25) is 0 Å². The fourth-order valence-electron chi connectivity index (χ4n) is 1.74. The van der Waals surface area contributed by atoms with E-state index in [9.17, 15) is 9.90 Å². The van der Waals surface area contributed by atoms with Crippen LogP contribution in [0.5, 0.6) is 0 Å². The third kappa shape index (κ3) is 5.46. The first-order valence-electron chi connectivity index (χ1n) is 7.20.